The van der Waals surface area contributed by atoms with E-state index in [0.29, 0.717) is 6.54 Å². The van der Waals surface area contributed by atoms with Crippen molar-refractivity contribution in [2.24, 2.45) is 5.92 Å². The number of hydrogen-bond donors (Lipinski definition) is 2. The van der Waals surface area contributed by atoms with Gasteiger partial charge in [0.05, 0.1) is 12.3 Å². The van der Waals surface area contributed by atoms with Crippen molar-refractivity contribution in [2.75, 3.05) is 19.6 Å². The lowest BCUT2D eigenvalue weighted by Gasteiger charge is -2.36. The van der Waals surface area contributed by atoms with Crippen LogP contribution in [0.25, 0.3) is 0 Å². The van der Waals surface area contributed by atoms with Crippen LogP contribution in [0.3, 0.4) is 0 Å². The number of furan rings is 1. The molecule has 0 spiro atoms. The maximum Gasteiger partial charge on any atom is 0.287 e. The topological polar surface area (TPSA) is 74.6 Å². The molecule has 146 valence electrons. The predicted molar refractivity (Wildman–Crippen MR) is 106 cm³/mol. The Morgan fingerprint density at radius 3 is 2.70 bits per heavy atom. The summed E-state index contributed by atoms with van der Waals surface area (Å²) < 4.78 is 5.06. The second-order valence-electron chi connectivity index (χ2n) is 7.17. The summed E-state index contributed by atoms with van der Waals surface area (Å²) in [6.45, 7) is 6.60. The summed E-state index contributed by atoms with van der Waals surface area (Å²) in [6, 6.07) is 6.94. The highest BCUT2D eigenvalue weighted by Crippen LogP contribution is 2.29. The van der Waals surface area contributed by atoms with Crippen LogP contribution in [0.4, 0.5) is 0 Å². The van der Waals surface area contributed by atoms with Crippen LogP contribution < -0.4 is 10.6 Å². The van der Waals surface area contributed by atoms with Gasteiger partial charge in [-0.3, -0.25) is 14.5 Å². The number of rotatable bonds is 7. The highest BCUT2D eigenvalue weighted by atomic mass is 32.1. The molecule has 2 unspecified atom stereocenters. The quantitative estimate of drug-likeness (QED) is 0.763. The van der Waals surface area contributed by atoms with E-state index in [1.165, 1.54) is 24.0 Å². The minimum atomic E-state index is -0.632. The fourth-order valence-electron chi connectivity index (χ4n) is 3.32. The number of nitrogens with zero attached hydrogens (tertiary/aromatic N) is 1. The van der Waals surface area contributed by atoms with Crippen LogP contribution in [0.15, 0.2) is 40.3 Å². The Kier molecular flexibility index (Phi) is 6.68. The van der Waals surface area contributed by atoms with Gasteiger partial charge in [-0.1, -0.05) is 13.0 Å². The van der Waals surface area contributed by atoms with Crippen molar-refractivity contribution < 1.29 is 14.0 Å². The lowest BCUT2D eigenvalue weighted by atomic mass is 9.97. The lowest BCUT2D eigenvalue weighted by molar-refractivity contribution is -0.122. The monoisotopic (exact) mass is 389 g/mol. The molecule has 1 fully saturated rings. The van der Waals surface area contributed by atoms with Crippen LogP contribution in [0.1, 0.15) is 48.2 Å². The maximum atomic E-state index is 12.5. The average Bonchev–Trinajstić information content (AvgIpc) is 3.37. The Hall–Kier alpha value is -2.12. The van der Waals surface area contributed by atoms with Crippen LogP contribution >= 0.6 is 11.3 Å². The van der Waals surface area contributed by atoms with Crippen molar-refractivity contribution in [3.63, 3.8) is 0 Å². The molecule has 0 aromatic carbocycles. The van der Waals surface area contributed by atoms with Crippen LogP contribution in [-0.4, -0.2) is 42.4 Å². The number of carbonyl (C=O) groups is 2. The minimum absolute atomic E-state index is 0.175. The van der Waals surface area contributed by atoms with Crippen LogP contribution in [0, 0.1) is 5.92 Å². The zero-order chi connectivity index (χ0) is 19.2. The second kappa shape index (κ2) is 9.19. The van der Waals surface area contributed by atoms with E-state index in [4.69, 9.17) is 4.42 Å². The minimum Gasteiger partial charge on any atom is -0.459 e. The molecule has 27 heavy (non-hydrogen) atoms. The number of thiophene rings is 1. The molecular weight excluding hydrogens is 362 g/mol. The fraction of sp³-hybridized carbons (Fsp3) is 0.500. The molecule has 0 aliphatic carbocycles. The van der Waals surface area contributed by atoms with Crippen LogP contribution in [-0.2, 0) is 4.79 Å². The van der Waals surface area contributed by atoms with E-state index < -0.39 is 6.04 Å². The van der Waals surface area contributed by atoms with Gasteiger partial charge in [-0.25, -0.2) is 0 Å². The fourth-order valence-corrected chi connectivity index (χ4v) is 4.18. The summed E-state index contributed by atoms with van der Waals surface area (Å²) in [5.74, 6) is 0.384. The summed E-state index contributed by atoms with van der Waals surface area (Å²) in [7, 11) is 0. The van der Waals surface area contributed by atoms with Gasteiger partial charge in [0, 0.05) is 11.4 Å². The molecule has 1 aliphatic heterocycles. The molecule has 3 rings (SSSR count). The van der Waals surface area contributed by atoms with Gasteiger partial charge < -0.3 is 15.1 Å². The van der Waals surface area contributed by atoms with Crippen molar-refractivity contribution in [2.45, 2.75) is 38.8 Å². The smallest absolute Gasteiger partial charge is 0.287 e. The Morgan fingerprint density at radius 1 is 1.30 bits per heavy atom. The molecule has 2 atom stereocenters. The van der Waals surface area contributed by atoms with Gasteiger partial charge in [-0.05, 0) is 62.4 Å². The molecule has 2 aromatic heterocycles. The van der Waals surface area contributed by atoms with Gasteiger partial charge in [-0.2, -0.15) is 0 Å². The Labute approximate surface area is 163 Å². The third-order valence-corrected chi connectivity index (χ3v) is 6.06. The van der Waals surface area contributed by atoms with E-state index in [2.05, 4.69) is 33.9 Å². The first-order valence-corrected chi connectivity index (χ1v) is 10.3. The summed E-state index contributed by atoms with van der Waals surface area (Å²) >= 11 is 1.72. The van der Waals surface area contributed by atoms with Crippen LogP contribution in [0.2, 0.25) is 0 Å². The third kappa shape index (κ3) is 5.20. The summed E-state index contributed by atoms with van der Waals surface area (Å²) in [6.07, 6.45) is 3.81. The number of likely N-dealkylation sites (tertiary alicyclic amines) is 1. The summed E-state index contributed by atoms with van der Waals surface area (Å²) in [4.78, 5) is 28.2. The number of piperidine rings is 1. The number of amides is 2. The molecular formula is C20H27N3O3S. The molecule has 2 N–H and O–H groups in total. The van der Waals surface area contributed by atoms with Gasteiger partial charge >= 0.3 is 0 Å². The van der Waals surface area contributed by atoms with E-state index in [1.807, 2.05) is 6.07 Å². The molecule has 0 radical (unpaired) electrons. The molecule has 0 bridgehead atoms. The molecule has 7 heteroatoms. The zero-order valence-corrected chi connectivity index (χ0v) is 16.6. The Morgan fingerprint density at radius 2 is 2.07 bits per heavy atom. The first-order valence-electron chi connectivity index (χ1n) is 9.44. The van der Waals surface area contributed by atoms with Gasteiger partial charge in [0.1, 0.15) is 6.04 Å². The first-order chi connectivity index (χ1) is 13.0. The van der Waals surface area contributed by atoms with Gasteiger partial charge in [-0.15, -0.1) is 11.3 Å². The Bertz CT molecular complexity index is 722. The Balaban J connectivity index is 1.56. The largest absolute Gasteiger partial charge is 0.459 e. The van der Waals surface area contributed by atoms with Crippen molar-refractivity contribution in [1.29, 1.82) is 0 Å². The van der Waals surface area contributed by atoms with Crippen LogP contribution in [0.5, 0.6) is 0 Å². The molecule has 2 aromatic rings. The summed E-state index contributed by atoms with van der Waals surface area (Å²) in [5, 5.41) is 7.75. The van der Waals surface area contributed by atoms with Gasteiger partial charge in [0.15, 0.2) is 5.76 Å². The summed E-state index contributed by atoms with van der Waals surface area (Å²) in [5.41, 5.74) is 0. The standard InChI is InChI=1S/C20H27N3O3S/c1-14-7-9-23(10-8-14)16(18-6-4-12-27-18)13-21-19(24)15(2)22-20(25)17-5-3-11-26-17/h3-6,11-12,14-16H,7-10,13H2,1-2H3,(H,21,24)(H,22,25). The van der Waals surface area contributed by atoms with Crippen molar-refractivity contribution in [1.82, 2.24) is 15.5 Å². The van der Waals surface area contributed by atoms with E-state index in [-0.39, 0.29) is 23.6 Å². The van der Waals surface area contributed by atoms with Gasteiger partial charge in [0.25, 0.3) is 5.91 Å². The molecule has 1 saturated heterocycles. The highest BCUT2D eigenvalue weighted by Gasteiger charge is 2.26. The number of nitrogens with one attached hydrogen (secondary N) is 2. The SMILES string of the molecule is CC1CCN(C(CNC(=O)C(C)NC(=O)c2ccco2)c2cccs2)CC1. The lowest BCUT2D eigenvalue weighted by Crippen LogP contribution is -2.48. The van der Waals surface area contributed by atoms with Crippen molar-refractivity contribution in [3.8, 4) is 0 Å². The molecule has 1 aliphatic rings. The molecule has 3 heterocycles. The van der Waals surface area contributed by atoms with E-state index in [0.717, 1.165) is 19.0 Å². The average molecular weight is 390 g/mol. The van der Waals surface area contributed by atoms with Gasteiger partial charge in [0.2, 0.25) is 5.91 Å². The number of carbonyl (C=O) groups excluding carboxylic acids is 2. The van der Waals surface area contributed by atoms with E-state index >= 15 is 0 Å². The second-order valence-corrected chi connectivity index (χ2v) is 8.15. The third-order valence-electron chi connectivity index (χ3n) is 5.09. The van der Waals surface area contributed by atoms with Crippen molar-refractivity contribution >= 4 is 23.2 Å². The van der Waals surface area contributed by atoms with E-state index in [1.54, 1.807) is 30.4 Å². The molecule has 0 saturated carbocycles. The predicted octanol–water partition coefficient (Wildman–Crippen LogP) is 3.05. The molecule has 2 amide bonds. The zero-order valence-electron chi connectivity index (χ0n) is 15.8. The van der Waals surface area contributed by atoms with E-state index in [9.17, 15) is 9.59 Å². The normalized spacial score (nSPS) is 18.0. The van der Waals surface area contributed by atoms with Crippen molar-refractivity contribution in [3.05, 3.63) is 46.5 Å². The maximum absolute atomic E-state index is 12.5. The number of hydrogen-bond acceptors (Lipinski definition) is 5. The highest BCUT2D eigenvalue weighted by molar-refractivity contribution is 7.10. The molecule has 6 nitrogen and oxygen atoms in total. The first kappa shape index (κ1) is 19.6.